The summed E-state index contributed by atoms with van der Waals surface area (Å²) < 4.78 is 8.59. The molecule has 0 saturated heterocycles. The van der Waals surface area contributed by atoms with E-state index in [1.807, 2.05) is 35.9 Å². The van der Waals surface area contributed by atoms with Crippen LogP contribution >= 0.6 is 15.9 Å². The first-order valence-electron chi connectivity index (χ1n) is 6.12. The van der Waals surface area contributed by atoms with Gasteiger partial charge in [0.25, 0.3) is 0 Å². The summed E-state index contributed by atoms with van der Waals surface area (Å²) in [4.78, 5) is 0. The second kappa shape index (κ2) is 6.68. The van der Waals surface area contributed by atoms with Crippen LogP contribution in [0.15, 0.2) is 35.1 Å². The zero-order chi connectivity index (χ0) is 13.7. The molecule has 0 saturated carbocycles. The highest BCUT2D eigenvalue weighted by molar-refractivity contribution is 9.10. The highest BCUT2D eigenvalue weighted by atomic mass is 79.9. The lowest BCUT2D eigenvalue weighted by Crippen LogP contribution is -2.26. The molecule has 19 heavy (non-hydrogen) atoms. The van der Waals surface area contributed by atoms with E-state index in [2.05, 4.69) is 38.4 Å². The van der Waals surface area contributed by atoms with Crippen molar-refractivity contribution in [3.8, 4) is 5.75 Å². The Morgan fingerprint density at radius 1 is 1.37 bits per heavy atom. The Bertz CT molecular complexity index is 512. The van der Waals surface area contributed by atoms with E-state index in [1.165, 1.54) is 0 Å². The maximum Gasteiger partial charge on any atom is 0.149 e. The lowest BCUT2D eigenvalue weighted by molar-refractivity contribution is 0.305. The second-order valence-electron chi connectivity index (χ2n) is 4.28. The standard InChI is InChI=1S/C13H17BrN4O/c1-10(13-17-16-9-18(13)2)15-7-8-19-12-5-3-11(14)4-6-12/h3-6,9-10,15H,7-8H2,1-2H3. The predicted octanol–water partition coefficient (Wildman–Crippen LogP) is 2.31. The average molecular weight is 325 g/mol. The third kappa shape index (κ3) is 4.04. The van der Waals surface area contributed by atoms with Gasteiger partial charge in [0.15, 0.2) is 0 Å². The first-order chi connectivity index (χ1) is 9.16. The third-order valence-electron chi connectivity index (χ3n) is 2.77. The zero-order valence-electron chi connectivity index (χ0n) is 11.0. The molecule has 0 aliphatic heterocycles. The highest BCUT2D eigenvalue weighted by Crippen LogP contribution is 2.15. The van der Waals surface area contributed by atoms with Gasteiger partial charge in [-0.05, 0) is 31.2 Å². The van der Waals surface area contributed by atoms with Crippen molar-refractivity contribution < 1.29 is 4.74 Å². The van der Waals surface area contributed by atoms with E-state index in [0.29, 0.717) is 6.61 Å². The number of aryl methyl sites for hydroxylation is 1. The lowest BCUT2D eigenvalue weighted by Gasteiger charge is -2.13. The predicted molar refractivity (Wildman–Crippen MR) is 77.1 cm³/mol. The summed E-state index contributed by atoms with van der Waals surface area (Å²) >= 11 is 3.39. The summed E-state index contributed by atoms with van der Waals surface area (Å²) in [6, 6.07) is 7.96. The molecule has 2 rings (SSSR count). The number of halogens is 1. The van der Waals surface area contributed by atoms with Crippen LogP contribution in [0.1, 0.15) is 18.8 Å². The van der Waals surface area contributed by atoms with Crippen molar-refractivity contribution in [1.82, 2.24) is 20.1 Å². The Morgan fingerprint density at radius 2 is 2.11 bits per heavy atom. The molecule has 2 aromatic rings. The molecule has 0 radical (unpaired) electrons. The summed E-state index contributed by atoms with van der Waals surface area (Å²) in [6.45, 7) is 3.43. The van der Waals surface area contributed by atoms with Crippen molar-refractivity contribution in [2.45, 2.75) is 13.0 Å². The molecule has 0 spiro atoms. The van der Waals surface area contributed by atoms with Crippen molar-refractivity contribution in [3.05, 3.63) is 40.9 Å². The number of nitrogens with one attached hydrogen (secondary N) is 1. The molecule has 0 aliphatic rings. The van der Waals surface area contributed by atoms with Gasteiger partial charge in [0.05, 0.1) is 6.04 Å². The van der Waals surface area contributed by atoms with Crippen LogP contribution in [-0.4, -0.2) is 27.9 Å². The number of ether oxygens (including phenoxy) is 1. The number of hydrogen-bond acceptors (Lipinski definition) is 4. The van der Waals surface area contributed by atoms with Crippen LogP contribution in [0.25, 0.3) is 0 Å². The quantitative estimate of drug-likeness (QED) is 0.828. The van der Waals surface area contributed by atoms with Crippen molar-refractivity contribution in [2.24, 2.45) is 7.05 Å². The van der Waals surface area contributed by atoms with Gasteiger partial charge in [0.1, 0.15) is 24.5 Å². The van der Waals surface area contributed by atoms with Crippen LogP contribution in [0.2, 0.25) is 0 Å². The topological polar surface area (TPSA) is 52.0 Å². The minimum Gasteiger partial charge on any atom is -0.492 e. The summed E-state index contributed by atoms with van der Waals surface area (Å²) in [6.07, 6.45) is 1.70. The van der Waals surface area contributed by atoms with Gasteiger partial charge in [-0.25, -0.2) is 0 Å². The van der Waals surface area contributed by atoms with Crippen LogP contribution in [0.4, 0.5) is 0 Å². The first kappa shape index (κ1) is 14.0. The lowest BCUT2D eigenvalue weighted by atomic mass is 10.3. The summed E-state index contributed by atoms with van der Waals surface area (Å²) in [5.41, 5.74) is 0. The third-order valence-corrected chi connectivity index (χ3v) is 3.30. The number of hydrogen-bond donors (Lipinski definition) is 1. The molecule has 0 amide bonds. The molecule has 1 unspecified atom stereocenters. The molecule has 5 nitrogen and oxygen atoms in total. The van der Waals surface area contributed by atoms with Crippen molar-refractivity contribution in [2.75, 3.05) is 13.2 Å². The zero-order valence-corrected chi connectivity index (χ0v) is 12.6. The molecule has 1 heterocycles. The van der Waals surface area contributed by atoms with Crippen LogP contribution in [-0.2, 0) is 7.05 Å². The van der Waals surface area contributed by atoms with Gasteiger partial charge < -0.3 is 14.6 Å². The van der Waals surface area contributed by atoms with E-state index in [-0.39, 0.29) is 6.04 Å². The molecular weight excluding hydrogens is 308 g/mol. The van der Waals surface area contributed by atoms with Crippen LogP contribution < -0.4 is 10.1 Å². The van der Waals surface area contributed by atoms with Gasteiger partial charge in [-0.2, -0.15) is 0 Å². The maximum atomic E-state index is 5.63. The van der Waals surface area contributed by atoms with Gasteiger partial charge in [0.2, 0.25) is 0 Å². The van der Waals surface area contributed by atoms with Crippen LogP contribution in [0, 0.1) is 0 Å². The fourth-order valence-corrected chi connectivity index (χ4v) is 2.01. The smallest absolute Gasteiger partial charge is 0.149 e. The Balaban J connectivity index is 1.72. The Labute approximate surface area is 121 Å². The number of aromatic nitrogens is 3. The second-order valence-corrected chi connectivity index (χ2v) is 5.19. The number of benzene rings is 1. The van der Waals surface area contributed by atoms with E-state index < -0.39 is 0 Å². The monoisotopic (exact) mass is 324 g/mol. The molecule has 0 bridgehead atoms. The summed E-state index contributed by atoms with van der Waals surface area (Å²) in [7, 11) is 1.94. The van der Waals surface area contributed by atoms with Crippen molar-refractivity contribution in [3.63, 3.8) is 0 Å². The van der Waals surface area contributed by atoms with Gasteiger partial charge >= 0.3 is 0 Å². The summed E-state index contributed by atoms with van der Waals surface area (Å²) in [5, 5.41) is 11.3. The highest BCUT2D eigenvalue weighted by Gasteiger charge is 2.09. The minimum atomic E-state index is 0.154. The molecule has 1 N–H and O–H groups in total. The van der Waals surface area contributed by atoms with E-state index in [9.17, 15) is 0 Å². The Morgan fingerprint density at radius 3 is 2.74 bits per heavy atom. The Hall–Kier alpha value is -1.40. The van der Waals surface area contributed by atoms with E-state index in [1.54, 1.807) is 6.33 Å². The number of rotatable bonds is 6. The van der Waals surface area contributed by atoms with Gasteiger partial charge in [0, 0.05) is 18.1 Å². The van der Waals surface area contributed by atoms with Gasteiger partial charge in [-0.3, -0.25) is 0 Å². The largest absolute Gasteiger partial charge is 0.492 e. The van der Waals surface area contributed by atoms with Crippen molar-refractivity contribution in [1.29, 1.82) is 0 Å². The molecule has 6 heteroatoms. The molecule has 1 aromatic heterocycles. The van der Waals surface area contributed by atoms with E-state index in [0.717, 1.165) is 22.6 Å². The Kier molecular flexibility index (Phi) is 4.93. The average Bonchev–Trinajstić information content (AvgIpc) is 2.83. The maximum absolute atomic E-state index is 5.63. The summed E-state index contributed by atoms with van der Waals surface area (Å²) in [5.74, 6) is 1.79. The molecular formula is C13H17BrN4O. The first-order valence-corrected chi connectivity index (χ1v) is 6.92. The van der Waals surface area contributed by atoms with Gasteiger partial charge in [-0.1, -0.05) is 15.9 Å². The van der Waals surface area contributed by atoms with Gasteiger partial charge in [-0.15, -0.1) is 10.2 Å². The number of nitrogens with zero attached hydrogens (tertiary/aromatic N) is 3. The molecule has 1 atom stereocenters. The molecule has 1 aromatic carbocycles. The minimum absolute atomic E-state index is 0.154. The van der Waals surface area contributed by atoms with Crippen LogP contribution in [0.5, 0.6) is 5.75 Å². The molecule has 0 aliphatic carbocycles. The fraction of sp³-hybridized carbons (Fsp3) is 0.385. The molecule has 0 fully saturated rings. The SMILES string of the molecule is CC(NCCOc1ccc(Br)cc1)c1nncn1C. The fourth-order valence-electron chi connectivity index (χ4n) is 1.75. The molecule has 102 valence electrons. The van der Waals surface area contributed by atoms with E-state index >= 15 is 0 Å². The normalized spacial score (nSPS) is 12.4. The van der Waals surface area contributed by atoms with E-state index in [4.69, 9.17) is 4.74 Å². The van der Waals surface area contributed by atoms with Crippen molar-refractivity contribution >= 4 is 15.9 Å². The van der Waals surface area contributed by atoms with Crippen LogP contribution in [0.3, 0.4) is 0 Å².